The fourth-order valence-electron chi connectivity index (χ4n) is 8.51. The molecular formula is C36H58O7. The minimum atomic E-state index is -1.35. The first-order valence-corrected chi connectivity index (χ1v) is 17.0. The van der Waals surface area contributed by atoms with Crippen molar-refractivity contribution >= 4 is 11.8 Å². The molecule has 0 amide bonds. The Labute approximate surface area is 259 Å². The number of allylic oxidation sites excluding steroid dienone is 2. The van der Waals surface area contributed by atoms with E-state index in [-0.39, 0.29) is 30.0 Å². The molecule has 0 radical (unpaired) electrons. The molecule has 1 spiro atoms. The summed E-state index contributed by atoms with van der Waals surface area (Å²) in [5, 5.41) is 22.2. The van der Waals surface area contributed by atoms with Gasteiger partial charge in [0.15, 0.2) is 5.79 Å². The SMILES string of the molecule is CCCCCCCCCCCC(=O)O[C@@]12C[C@@H](C)C/C=C(/C)[C@@H]3OC(C)(C)O[C@]34CC(=O)[C@@H](C=C(CO)[C@H]4O)[C@@H]1C2(C)C. The highest BCUT2D eigenvalue weighted by molar-refractivity contribution is 5.86. The standard InChI is InChI=1S/C36H58O7/c1-8-9-10-11-12-13-14-15-16-17-29(39)41-36-21-24(2)18-19-25(3)32-35(43-34(6,7)42-32)22-28(38)27(30(36)33(36,4)5)20-26(23-37)31(35)40/h19-20,24,27,30-32,37,40H,8-18,21-23H2,1-7H3/b25-19-/t24-,27+,30+,31+,32-,35-,36-/m0/s1. The van der Waals surface area contributed by atoms with Gasteiger partial charge in [0.2, 0.25) is 0 Å². The van der Waals surface area contributed by atoms with Gasteiger partial charge in [-0.25, -0.2) is 0 Å². The number of ketones is 1. The molecule has 2 bridgehead atoms. The van der Waals surface area contributed by atoms with Crippen LogP contribution in [-0.4, -0.2) is 57.8 Å². The van der Waals surface area contributed by atoms with Crippen molar-refractivity contribution in [2.45, 2.75) is 161 Å². The number of aliphatic hydroxyl groups is 2. The maximum atomic E-state index is 14.2. The molecule has 4 rings (SSSR count). The Bertz CT molecular complexity index is 1070. The lowest BCUT2D eigenvalue weighted by Gasteiger charge is -2.37. The number of hydrogen-bond acceptors (Lipinski definition) is 7. The number of unbranched alkanes of at least 4 members (excludes halogenated alkanes) is 8. The van der Waals surface area contributed by atoms with E-state index in [2.05, 4.69) is 33.8 Å². The Hall–Kier alpha value is -1.54. The van der Waals surface area contributed by atoms with Crippen LogP contribution in [0.15, 0.2) is 23.3 Å². The smallest absolute Gasteiger partial charge is 0.306 e. The number of esters is 1. The van der Waals surface area contributed by atoms with Crippen LogP contribution >= 0.6 is 0 Å². The summed E-state index contributed by atoms with van der Waals surface area (Å²) in [6.07, 6.45) is 14.4. The second-order valence-electron chi connectivity index (χ2n) is 15.1. The van der Waals surface area contributed by atoms with Crippen LogP contribution in [0.25, 0.3) is 0 Å². The zero-order valence-electron chi connectivity index (χ0n) is 27.9. The molecule has 7 heteroatoms. The summed E-state index contributed by atoms with van der Waals surface area (Å²) < 4.78 is 19.3. The first-order chi connectivity index (χ1) is 20.2. The topological polar surface area (TPSA) is 102 Å². The minimum Gasteiger partial charge on any atom is -0.458 e. The number of Topliss-reactive ketones (excluding diaryl/α,β-unsaturated/α-hetero) is 1. The van der Waals surface area contributed by atoms with Gasteiger partial charge < -0.3 is 24.4 Å². The molecule has 1 aliphatic heterocycles. The first-order valence-electron chi connectivity index (χ1n) is 17.0. The molecule has 244 valence electrons. The Balaban J connectivity index is 1.56. The van der Waals surface area contributed by atoms with Gasteiger partial charge >= 0.3 is 5.97 Å². The number of fused-ring (bicyclic) bond motifs is 4. The van der Waals surface area contributed by atoms with Crippen LogP contribution in [0.1, 0.15) is 132 Å². The molecule has 43 heavy (non-hydrogen) atoms. The van der Waals surface area contributed by atoms with Gasteiger partial charge in [0.1, 0.15) is 29.2 Å². The molecule has 7 nitrogen and oxygen atoms in total. The van der Waals surface area contributed by atoms with Crippen LogP contribution in [0.5, 0.6) is 0 Å². The highest BCUT2D eigenvalue weighted by Crippen LogP contribution is 2.71. The molecule has 1 saturated carbocycles. The molecule has 0 unspecified atom stereocenters. The summed E-state index contributed by atoms with van der Waals surface area (Å²) in [7, 11) is 0. The van der Waals surface area contributed by atoms with E-state index in [1.165, 1.54) is 38.5 Å². The predicted molar refractivity (Wildman–Crippen MR) is 167 cm³/mol. The summed E-state index contributed by atoms with van der Waals surface area (Å²) in [4.78, 5) is 27.6. The lowest BCUT2D eigenvalue weighted by atomic mass is 9.79. The van der Waals surface area contributed by atoms with Gasteiger partial charge in [0, 0.05) is 30.1 Å². The zero-order chi connectivity index (χ0) is 31.6. The van der Waals surface area contributed by atoms with Crippen LogP contribution < -0.4 is 0 Å². The average Bonchev–Trinajstić information content (AvgIpc) is 3.26. The molecule has 2 fully saturated rings. The van der Waals surface area contributed by atoms with E-state index in [0.717, 1.165) is 31.3 Å². The molecule has 0 aromatic heterocycles. The number of ether oxygens (including phenoxy) is 3. The van der Waals surface area contributed by atoms with E-state index < -0.39 is 47.1 Å². The van der Waals surface area contributed by atoms with E-state index in [1.807, 2.05) is 6.92 Å². The van der Waals surface area contributed by atoms with Crippen LogP contribution in [0.3, 0.4) is 0 Å². The molecule has 2 N–H and O–H groups in total. The monoisotopic (exact) mass is 602 g/mol. The molecule has 1 saturated heterocycles. The number of hydrogen-bond donors (Lipinski definition) is 2. The summed E-state index contributed by atoms with van der Waals surface area (Å²) >= 11 is 0. The second-order valence-corrected chi connectivity index (χ2v) is 15.1. The van der Waals surface area contributed by atoms with Crippen molar-refractivity contribution in [2.75, 3.05) is 6.61 Å². The van der Waals surface area contributed by atoms with Crippen LogP contribution in [-0.2, 0) is 23.8 Å². The second kappa shape index (κ2) is 13.4. The average molecular weight is 603 g/mol. The van der Waals surface area contributed by atoms with Crippen LogP contribution in [0, 0.1) is 23.2 Å². The number of carbonyl (C=O) groups is 2. The van der Waals surface area contributed by atoms with Gasteiger partial charge in [0.25, 0.3) is 0 Å². The highest BCUT2D eigenvalue weighted by atomic mass is 16.8. The van der Waals surface area contributed by atoms with E-state index in [9.17, 15) is 19.8 Å². The molecule has 0 aromatic rings. The van der Waals surface area contributed by atoms with Crippen molar-refractivity contribution < 1.29 is 34.0 Å². The van der Waals surface area contributed by atoms with Crippen molar-refractivity contribution in [1.82, 2.24) is 0 Å². The number of aliphatic hydroxyl groups excluding tert-OH is 2. The molecule has 7 atom stereocenters. The van der Waals surface area contributed by atoms with Crippen LogP contribution in [0.2, 0.25) is 0 Å². The summed E-state index contributed by atoms with van der Waals surface area (Å²) in [6, 6.07) is 0. The normalized spacial score (nSPS) is 37.6. The van der Waals surface area contributed by atoms with Crippen LogP contribution in [0.4, 0.5) is 0 Å². The number of rotatable bonds is 12. The van der Waals surface area contributed by atoms with Crippen molar-refractivity contribution in [1.29, 1.82) is 0 Å². The minimum absolute atomic E-state index is 0.0529. The summed E-state index contributed by atoms with van der Waals surface area (Å²) in [6.45, 7) is 13.7. The van der Waals surface area contributed by atoms with Gasteiger partial charge in [-0.05, 0) is 57.1 Å². The molecule has 1 heterocycles. The quantitative estimate of drug-likeness (QED) is 0.141. The maximum absolute atomic E-state index is 14.2. The first kappa shape index (κ1) is 34.3. The van der Waals surface area contributed by atoms with E-state index in [0.29, 0.717) is 18.4 Å². The highest BCUT2D eigenvalue weighted by Gasteiger charge is 2.77. The lowest BCUT2D eigenvalue weighted by molar-refractivity contribution is -0.183. The summed E-state index contributed by atoms with van der Waals surface area (Å²) in [5.41, 5.74) is -1.34. The zero-order valence-corrected chi connectivity index (χ0v) is 27.9. The molecular weight excluding hydrogens is 544 g/mol. The lowest BCUT2D eigenvalue weighted by Crippen LogP contribution is -2.53. The third-order valence-electron chi connectivity index (χ3n) is 10.8. The fraction of sp³-hybridized carbons (Fsp3) is 0.833. The molecule has 0 aromatic carbocycles. The van der Waals surface area contributed by atoms with Crippen molar-refractivity contribution in [2.24, 2.45) is 23.2 Å². The molecule has 4 aliphatic rings. The van der Waals surface area contributed by atoms with E-state index >= 15 is 0 Å². The Kier molecular flexibility index (Phi) is 10.7. The predicted octanol–water partition coefficient (Wildman–Crippen LogP) is 6.98. The molecule has 3 aliphatic carbocycles. The van der Waals surface area contributed by atoms with Crippen molar-refractivity contribution in [3.05, 3.63) is 23.3 Å². The number of carbonyl (C=O) groups excluding carboxylic acids is 2. The van der Waals surface area contributed by atoms with Gasteiger partial charge in [-0.3, -0.25) is 9.59 Å². The van der Waals surface area contributed by atoms with E-state index in [4.69, 9.17) is 14.2 Å². The van der Waals surface area contributed by atoms with E-state index in [1.54, 1.807) is 19.9 Å². The Morgan fingerprint density at radius 3 is 2.30 bits per heavy atom. The van der Waals surface area contributed by atoms with Gasteiger partial charge in [0.05, 0.1) is 6.61 Å². The fourth-order valence-corrected chi connectivity index (χ4v) is 8.51. The Morgan fingerprint density at radius 1 is 1.05 bits per heavy atom. The van der Waals surface area contributed by atoms with Gasteiger partial charge in [-0.15, -0.1) is 0 Å². The summed E-state index contributed by atoms with van der Waals surface area (Å²) in [5.74, 6) is -1.97. The van der Waals surface area contributed by atoms with Gasteiger partial charge in [-0.2, -0.15) is 0 Å². The van der Waals surface area contributed by atoms with Gasteiger partial charge in [-0.1, -0.05) is 91.2 Å². The van der Waals surface area contributed by atoms with Crippen molar-refractivity contribution in [3.63, 3.8) is 0 Å². The largest absolute Gasteiger partial charge is 0.458 e. The Morgan fingerprint density at radius 2 is 1.67 bits per heavy atom. The van der Waals surface area contributed by atoms with Crippen molar-refractivity contribution in [3.8, 4) is 0 Å². The third-order valence-corrected chi connectivity index (χ3v) is 10.8. The third kappa shape index (κ3) is 6.85. The maximum Gasteiger partial charge on any atom is 0.306 e.